The highest BCUT2D eigenvalue weighted by molar-refractivity contribution is 7.89. The van der Waals surface area contributed by atoms with E-state index in [4.69, 9.17) is 22.6 Å². The van der Waals surface area contributed by atoms with E-state index in [1.54, 1.807) is 0 Å². The molecule has 0 heterocycles. The molecule has 36 heavy (non-hydrogen) atoms. The molecule has 1 amide bonds. The maximum atomic E-state index is 13.6. The van der Waals surface area contributed by atoms with Gasteiger partial charge in [-0.2, -0.15) is 18.4 Å². The summed E-state index contributed by atoms with van der Waals surface area (Å²) in [6.07, 6.45) is -3.99. The molecular weight excluding hydrogens is 515 g/mol. The first kappa shape index (κ1) is 26.8. The van der Waals surface area contributed by atoms with Crippen molar-refractivity contribution in [1.82, 2.24) is 4.31 Å². The minimum absolute atomic E-state index is 0.161. The number of rotatable bonds is 8. The minimum atomic E-state index is -4.64. The summed E-state index contributed by atoms with van der Waals surface area (Å²) in [7, 11) is -4.40. The number of benzene rings is 3. The molecule has 3 aromatic rings. The van der Waals surface area contributed by atoms with Gasteiger partial charge in [-0.15, -0.1) is 0 Å². The number of carbonyl (C=O) groups excluding carboxylic acids is 1. The second kappa shape index (κ2) is 10.8. The summed E-state index contributed by atoms with van der Waals surface area (Å²) >= 11 is 5.87. The van der Waals surface area contributed by atoms with Crippen molar-refractivity contribution in [2.45, 2.75) is 24.0 Å². The van der Waals surface area contributed by atoms with E-state index >= 15 is 0 Å². The lowest BCUT2D eigenvalue weighted by molar-refractivity contribution is -0.138. The van der Waals surface area contributed by atoms with Crippen LogP contribution in [0, 0.1) is 11.3 Å². The van der Waals surface area contributed by atoms with Crippen molar-refractivity contribution in [2.24, 2.45) is 5.73 Å². The molecule has 0 bridgehead atoms. The van der Waals surface area contributed by atoms with Gasteiger partial charge >= 0.3 is 6.18 Å². The van der Waals surface area contributed by atoms with E-state index in [0.717, 1.165) is 16.4 Å². The van der Waals surface area contributed by atoms with Crippen molar-refractivity contribution in [3.63, 3.8) is 0 Å². The Balaban J connectivity index is 2.11. The standard InChI is InChI=1S/C25H19ClF3N3O3S/c26-20-10-12-21(13-11-20)36(34,35)32(16-18-7-5-17(15-30)6-8-18)23(24(31)33)14-9-19-3-1-2-4-22(19)25(27,28)29/h1-8,10-14H,9,16H2,(H2,31,33)/b23-14+. The fraction of sp³-hybridized carbons (Fsp3) is 0.120. The second-order valence-corrected chi connectivity index (χ2v) is 9.89. The number of nitrogens with zero attached hydrogens (tertiary/aromatic N) is 2. The molecular formula is C25H19ClF3N3O3S. The highest BCUT2D eigenvalue weighted by Crippen LogP contribution is 2.32. The third-order valence-electron chi connectivity index (χ3n) is 5.17. The van der Waals surface area contributed by atoms with Gasteiger partial charge in [0.2, 0.25) is 0 Å². The Morgan fingerprint density at radius 3 is 2.19 bits per heavy atom. The van der Waals surface area contributed by atoms with Gasteiger partial charge in [0.25, 0.3) is 15.9 Å². The van der Waals surface area contributed by atoms with Gasteiger partial charge in [0.05, 0.1) is 28.6 Å². The average molecular weight is 534 g/mol. The van der Waals surface area contributed by atoms with E-state index in [9.17, 15) is 26.4 Å². The molecule has 3 aromatic carbocycles. The van der Waals surface area contributed by atoms with E-state index in [0.29, 0.717) is 11.1 Å². The summed E-state index contributed by atoms with van der Waals surface area (Å²) in [6.45, 7) is -0.369. The van der Waals surface area contributed by atoms with E-state index < -0.39 is 39.8 Å². The molecule has 2 N–H and O–H groups in total. The molecule has 0 radical (unpaired) electrons. The molecule has 0 saturated heterocycles. The lowest BCUT2D eigenvalue weighted by Gasteiger charge is -2.26. The number of carbonyl (C=O) groups is 1. The van der Waals surface area contributed by atoms with Crippen LogP contribution in [0.5, 0.6) is 0 Å². The third kappa shape index (κ3) is 6.24. The Kier molecular flexibility index (Phi) is 8.07. The van der Waals surface area contributed by atoms with Gasteiger partial charge < -0.3 is 5.73 Å². The number of halogens is 4. The van der Waals surface area contributed by atoms with Gasteiger partial charge in [0, 0.05) is 5.02 Å². The van der Waals surface area contributed by atoms with Gasteiger partial charge in [0.1, 0.15) is 5.70 Å². The predicted octanol–water partition coefficient (Wildman–Crippen LogP) is 5.03. The Hall–Kier alpha value is -3.81. The zero-order valence-electron chi connectivity index (χ0n) is 18.5. The number of primary amides is 1. The quantitative estimate of drug-likeness (QED) is 0.410. The van der Waals surface area contributed by atoms with Crippen LogP contribution in [0.3, 0.4) is 0 Å². The monoisotopic (exact) mass is 533 g/mol. The zero-order valence-corrected chi connectivity index (χ0v) is 20.1. The van der Waals surface area contributed by atoms with Crippen LogP contribution in [0.4, 0.5) is 13.2 Å². The maximum Gasteiger partial charge on any atom is 0.416 e. The molecule has 6 nitrogen and oxygen atoms in total. The number of nitrogens with two attached hydrogens (primary N) is 1. The summed E-state index contributed by atoms with van der Waals surface area (Å²) in [5, 5.41) is 9.29. The first-order chi connectivity index (χ1) is 16.9. The number of amides is 1. The first-order valence-corrected chi connectivity index (χ1v) is 12.2. The van der Waals surface area contributed by atoms with Gasteiger partial charge in [-0.3, -0.25) is 9.10 Å². The van der Waals surface area contributed by atoms with E-state index in [-0.39, 0.29) is 22.0 Å². The summed E-state index contributed by atoms with van der Waals surface area (Å²) in [6, 6.07) is 17.8. The molecule has 0 aromatic heterocycles. The topological polar surface area (TPSA) is 104 Å². The first-order valence-electron chi connectivity index (χ1n) is 10.4. The Morgan fingerprint density at radius 1 is 1.03 bits per heavy atom. The van der Waals surface area contributed by atoms with Crippen LogP contribution in [-0.2, 0) is 34.0 Å². The molecule has 3 rings (SSSR count). The minimum Gasteiger partial charge on any atom is -0.364 e. The van der Waals surface area contributed by atoms with Gasteiger partial charge in [-0.05, 0) is 66.1 Å². The summed E-state index contributed by atoms with van der Waals surface area (Å²) in [5.74, 6) is -1.15. The van der Waals surface area contributed by atoms with Crippen molar-refractivity contribution in [1.29, 1.82) is 5.26 Å². The molecule has 0 aliphatic heterocycles. The van der Waals surface area contributed by atoms with Gasteiger partial charge in [0.15, 0.2) is 0 Å². The largest absolute Gasteiger partial charge is 0.416 e. The Labute approximate surface area is 211 Å². The van der Waals surface area contributed by atoms with Crippen LogP contribution in [0.1, 0.15) is 22.3 Å². The lowest BCUT2D eigenvalue weighted by atomic mass is 10.0. The number of hydrogen-bond acceptors (Lipinski definition) is 4. The third-order valence-corrected chi connectivity index (χ3v) is 7.20. The normalized spacial score (nSPS) is 12.1. The highest BCUT2D eigenvalue weighted by atomic mass is 35.5. The van der Waals surface area contributed by atoms with Crippen molar-refractivity contribution in [2.75, 3.05) is 0 Å². The molecule has 0 spiro atoms. The van der Waals surface area contributed by atoms with E-state index in [2.05, 4.69) is 0 Å². The molecule has 0 saturated carbocycles. The maximum absolute atomic E-state index is 13.6. The van der Waals surface area contributed by atoms with Crippen LogP contribution in [0.2, 0.25) is 5.02 Å². The molecule has 0 fully saturated rings. The van der Waals surface area contributed by atoms with E-state index in [1.165, 1.54) is 66.7 Å². The van der Waals surface area contributed by atoms with Crippen molar-refractivity contribution in [3.8, 4) is 6.07 Å². The average Bonchev–Trinajstić information content (AvgIpc) is 2.83. The van der Waals surface area contributed by atoms with Crippen LogP contribution < -0.4 is 5.73 Å². The molecule has 186 valence electrons. The fourth-order valence-corrected chi connectivity index (χ4v) is 4.99. The Morgan fingerprint density at radius 2 is 1.64 bits per heavy atom. The SMILES string of the molecule is N#Cc1ccc(CN(/C(=C/Cc2ccccc2C(F)(F)F)C(N)=O)S(=O)(=O)c2ccc(Cl)cc2)cc1. The summed E-state index contributed by atoms with van der Waals surface area (Å²) in [5.41, 5.74) is 4.69. The number of hydrogen-bond donors (Lipinski definition) is 1. The fourth-order valence-electron chi connectivity index (χ4n) is 3.39. The molecule has 0 aliphatic rings. The molecule has 0 aliphatic carbocycles. The summed E-state index contributed by atoms with van der Waals surface area (Å²) < 4.78 is 68.1. The molecule has 0 atom stereocenters. The smallest absolute Gasteiger partial charge is 0.364 e. The van der Waals surface area contributed by atoms with Crippen LogP contribution in [0.15, 0.2) is 89.5 Å². The summed E-state index contributed by atoms with van der Waals surface area (Å²) in [4.78, 5) is 12.2. The Bertz CT molecular complexity index is 1430. The van der Waals surface area contributed by atoms with Gasteiger partial charge in [-0.1, -0.05) is 41.9 Å². The lowest BCUT2D eigenvalue weighted by Crippen LogP contribution is -2.36. The molecule has 0 unspecified atom stereocenters. The number of alkyl halides is 3. The highest BCUT2D eigenvalue weighted by Gasteiger charge is 2.33. The van der Waals surface area contributed by atoms with Gasteiger partial charge in [-0.25, -0.2) is 8.42 Å². The second-order valence-electron chi connectivity index (χ2n) is 7.59. The van der Waals surface area contributed by atoms with Crippen LogP contribution >= 0.6 is 11.6 Å². The zero-order chi connectivity index (χ0) is 26.5. The molecule has 11 heteroatoms. The number of sulfonamides is 1. The van der Waals surface area contributed by atoms with E-state index in [1.807, 2.05) is 6.07 Å². The predicted molar refractivity (Wildman–Crippen MR) is 128 cm³/mol. The van der Waals surface area contributed by atoms with Crippen molar-refractivity contribution < 1.29 is 26.4 Å². The number of allylic oxidation sites excluding steroid dienone is 1. The number of nitriles is 1. The van der Waals surface area contributed by atoms with Crippen molar-refractivity contribution in [3.05, 3.63) is 112 Å². The van der Waals surface area contributed by atoms with Crippen LogP contribution in [-0.4, -0.2) is 18.6 Å². The van der Waals surface area contributed by atoms with Crippen molar-refractivity contribution >= 4 is 27.5 Å². The van der Waals surface area contributed by atoms with Crippen LogP contribution in [0.25, 0.3) is 0 Å².